The van der Waals surface area contributed by atoms with Crippen molar-refractivity contribution in [3.05, 3.63) is 0 Å². The van der Waals surface area contributed by atoms with Crippen LogP contribution in [0.25, 0.3) is 0 Å². The van der Waals surface area contributed by atoms with Crippen LogP contribution in [0.3, 0.4) is 0 Å². The number of ether oxygens (including phenoxy) is 2. The topological polar surface area (TPSA) is 88.5 Å². The Balaban J connectivity index is 1.58. The molecule has 3 atom stereocenters. The molecule has 0 radical (unpaired) electrons. The van der Waals surface area contributed by atoms with Gasteiger partial charge < -0.3 is 19.3 Å². The third-order valence-corrected chi connectivity index (χ3v) is 7.48. The molecule has 0 bridgehead atoms. The normalized spacial score (nSPS) is 28.5. The van der Waals surface area contributed by atoms with Gasteiger partial charge in [0.2, 0.25) is 6.79 Å². The zero-order chi connectivity index (χ0) is 22.8. The summed E-state index contributed by atoms with van der Waals surface area (Å²) in [6.45, 7) is 10.5. The summed E-state index contributed by atoms with van der Waals surface area (Å²) in [4.78, 5) is 45.8. The van der Waals surface area contributed by atoms with Crippen molar-refractivity contribution in [2.45, 2.75) is 88.9 Å². The minimum Gasteiger partial charge on any atom is -0.427 e. The summed E-state index contributed by atoms with van der Waals surface area (Å²) in [5.74, 6) is -1.15. The maximum atomic E-state index is 12.8. The highest BCUT2D eigenvalue weighted by Gasteiger charge is 2.64. The number of likely N-dealkylation sites (tertiary alicyclic amines) is 1. The molecule has 0 aromatic rings. The van der Waals surface area contributed by atoms with Crippen molar-refractivity contribution in [2.75, 3.05) is 19.9 Å². The highest BCUT2D eigenvalue weighted by molar-refractivity contribution is 8.01. The molecule has 0 saturated carbocycles. The Morgan fingerprint density at radius 3 is 2.35 bits per heavy atom. The second-order valence-corrected chi connectivity index (χ2v) is 11.8. The SMILES string of the molecule is CC(C)(C)C(=O)OCOC(=O)[C@@H]1N2C(=O)[C@@H](N=CN3CCCCCCC3)[C@H]2SC1(C)C. The molecule has 3 aliphatic rings. The minimum atomic E-state index is -0.725. The fourth-order valence-electron chi connectivity index (χ4n) is 4.10. The van der Waals surface area contributed by atoms with Gasteiger partial charge in [-0.2, -0.15) is 0 Å². The summed E-state index contributed by atoms with van der Waals surface area (Å²) in [5.41, 5.74) is -0.675. The van der Waals surface area contributed by atoms with Gasteiger partial charge in [0, 0.05) is 17.8 Å². The first-order valence-electron chi connectivity index (χ1n) is 11.1. The van der Waals surface area contributed by atoms with Crippen LogP contribution < -0.4 is 0 Å². The van der Waals surface area contributed by atoms with Gasteiger partial charge in [-0.15, -0.1) is 11.8 Å². The summed E-state index contributed by atoms with van der Waals surface area (Å²) in [7, 11) is 0. The Hall–Kier alpha value is -1.77. The van der Waals surface area contributed by atoms with E-state index in [4.69, 9.17) is 9.47 Å². The maximum Gasteiger partial charge on any atom is 0.333 e. The Morgan fingerprint density at radius 2 is 1.74 bits per heavy atom. The number of amides is 1. The summed E-state index contributed by atoms with van der Waals surface area (Å²) in [5, 5.41) is -0.178. The van der Waals surface area contributed by atoms with Crippen LogP contribution in [0.4, 0.5) is 0 Å². The molecule has 174 valence electrons. The van der Waals surface area contributed by atoms with Gasteiger partial charge in [-0.25, -0.2) is 4.79 Å². The van der Waals surface area contributed by atoms with Crippen LogP contribution in [0.15, 0.2) is 4.99 Å². The molecule has 31 heavy (non-hydrogen) atoms. The number of nitrogens with zero attached hydrogens (tertiary/aromatic N) is 3. The molecule has 8 nitrogen and oxygen atoms in total. The van der Waals surface area contributed by atoms with Crippen LogP contribution >= 0.6 is 11.8 Å². The van der Waals surface area contributed by atoms with Gasteiger partial charge >= 0.3 is 11.9 Å². The first-order chi connectivity index (χ1) is 14.5. The number of aliphatic imine (C=N–C) groups is 1. The van der Waals surface area contributed by atoms with Crippen molar-refractivity contribution in [3.8, 4) is 0 Å². The lowest BCUT2D eigenvalue weighted by atomic mass is 9.96. The van der Waals surface area contributed by atoms with E-state index in [9.17, 15) is 14.4 Å². The van der Waals surface area contributed by atoms with Gasteiger partial charge in [-0.1, -0.05) is 19.3 Å². The summed E-state index contributed by atoms with van der Waals surface area (Å²) in [6, 6.07) is -1.19. The molecule has 0 aromatic heterocycles. The molecule has 3 aliphatic heterocycles. The van der Waals surface area contributed by atoms with E-state index in [0.717, 1.165) is 25.9 Å². The van der Waals surface area contributed by atoms with Gasteiger partial charge in [0.1, 0.15) is 11.4 Å². The predicted octanol–water partition coefficient (Wildman–Crippen LogP) is 2.80. The number of fused-ring (bicyclic) bond motifs is 1. The highest BCUT2D eigenvalue weighted by atomic mass is 32.2. The number of hydrogen-bond donors (Lipinski definition) is 0. The molecule has 0 aliphatic carbocycles. The zero-order valence-corrected chi connectivity index (χ0v) is 20.1. The lowest BCUT2D eigenvalue weighted by Gasteiger charge is -2.42. The number of rotatable bonds is 5. The molecule has 0 N–H and O–H groups in total. The monoisotopic (exact) mass is 453 g/mol. The average molecular weight is 454 g/mol. The van der Waals surface area contributed by atoms with E-state index in [0.29, 0.717) is 0 Å². The fraction of sp³-hybridized carbons (Fsp3) is 0.818. The lowest BCUT2D eigenvalue weighted by molar-refractivity contribution is -0.179. The van der Waals surface area contributed by atoms with Crippen LogP contribution in [-0.4, -0.2) is 76.1 Å². The van der Waals surface area contributed by atoms with Crippen molar-refractivity contribution < 1.29 is 23.9 Å². The van der Waals surface area contributed by atoms with Crippen molar-refractivity contribution in [1.29, 1.82) is 0 Å². The Morgan fingerprint density at radius 1 is 1.13 bits per heavy atom. The van der Waals surface area contributed by atoms with Gasteiger partial charge in [0.15, 0.2) is 6.04 Å². The summed E-state index contributed by atoms with van der Waals surface area (Å²) in [6.07, 6.45) is 7.90. The molecule has 3 saturated heterocycles. The highest BCUT2D eigenvalue weighted by Crippen LogP contribution is 2.51. The molecular weight excluding hydrogens is 418 g/mol. The van der Waals surface area contributed by atoms with Crippen LogP contribution in [-0.2, 0) is 23.9 Å². The van der Waals surface area contributed by atoms with Gasteiger partial charge in [0.05, 0.1) is 11.8 Å². The molecular formula is C22H35N3O5S. The van der Waals surface area contributed by atoms with Gasteiger partial charge in [0.25, 0.3) is 5.91 Å². The maximum absolute atomic E-state index is 12.8. The third-order valence-electron chi connectivity index (χ3n) is 5.92. The molecule has 0 spiro atoms. The van der Waals surface area contributed by atoms with E-state index < -0.39 is 41.0 Å². The number of carbonyl (C=O) groups excluding carboxylic acids is 3. The first-order valence-corrected chi connectivity index (χ1v) is 12.0. The van der Waals surface area contributed by atoms with Crippen molar-refractivity contribution in [2.24, 2.45) is 10.4 Å². The standard InChI is InChI=1S/C22H35N3O5S/c1-21(2,3)20(28)30-14-29-19(27)16-22(4,5)31-18-15(17(26)25(16)18)23-13-24-11-9-7-6-8-10-12-24/h13,15-16,18H,6-12,14H2,1-5H3/t15-,16+,18-/m1/s1. The zero-order valence-electron chi connectivity index (χ0n) is 19.3. The number of thioether (sulfide) groups is 1. The van der Waals surface area contributed by atoms with E-state index in [2.05, 4.69) is 9.89 Å². The second-order valence-electron chi connectivity index (χ2n) is 10.0. The largest absolute Gasteiger partial charge is 0.427 e. The van der Waals surface area contributed by atoms with Crippen molar-refractivity contribution in [1.82, 2.24) is 9.80 Å². The first kappa shape index (κ1) is 23.9. The van der Waals surface area contributed by atoms with Crippen LogP contribution in [0.5, 0.6) is 0 Å². The number of carbonyl (C=O) groups is 3. The smallest absolute Gasteiger partial charge is 0.333 e. The molecule has 1 amide bonds. The molecule has 3 heterocycles. The quantitative estimate of drug-likeness (QED) is 0.208. The summed E-state index contributed by atoms with van der Waals surface area (Å²) < 4.78 is 9.73. The summed E-state index contributed by atoms with van der Waals surface area (Å²) >= 11 is 1.57. The van der Waals surface area contributed by atoms with Gasteiger partial charge in [-0.05, 0) is 47.5 Å². The Bertz CT molecular complexity index is 725. The minimum absolute atomic E-state index is 0.153. The van der Waals surface area contributed by atoms with Crippen LogP contribution in [0, 0.1) is 5.41 Å². The molecule has 3 fully saturated rings. The van der Waals surface area contributed by atoms with E-state index in [1.54, 1.807) is 37.4 Å². The number of hydrogen-bond acceptors (Lipinski definition) is 7. The second kappa shape index (κ2) is 9.38. The van der Waals surface area contributed by atoms with E-state index >= 15 is 0 Å². The molecule has 0 aromatic carbocycles. The van der Waals surface area contributed by atoms with Crippen LogP contribution in [0.2, 0.25) is 0 Å². The fourth-order valence-corrected chi connectivity index (χ4v) is 5.72. The predicted molar refractivity (Wildman–Crippen MR) is 120 cm³/mol. The Kier molecular flexibility index (Phi) is 7.23. The Labute approximate surface area is 189 Å². The van der Waals surface area contributed by atoms with Crippen molar-refractivity contribution in [3.63, 3.8) is 0 Å². The van der Waals surface area contributed by atoms with Gasteiger partial charge in [-0.3, -0.25) is 14.6 Å². The molecule has 3 rings (SSSR count). The molecule has 9 heteroatoms. The number of β-lactam (4-membered cyclic amide) rings is 1. The lowest BCUT2D eigenvalue weighted by Crippen LogP contribution is -2.65. The van der Waals surface area contributed by atoms with E-state index in [1.165, 1.54) is 19.3 Å². The van der Waals surface area contributed by atoms with Crippen molar-refractivity contribution >= 4 is 35.9 Å². The third kappa shape index (κ3) is 5.35. The van der Waals surface area contributed by atoms with E-state index in [1.807, 2.05) is 20.2 Å². The average Bonchev–Trinajstić information content (AvgIpc) is 2.90. The number of esters is 2. The van der Waals surface area contributed by atoms with E-state index in [-0.39, 0.29) is 11.3 Å². The van der Waals surface area contributed by atoms with Crippen LogP contribution in [0.1, 0.15) is 66.7 Å². The molecule has 0 unspecified atom stereocenters.